The Balaban J connectivity index is 1.24. The molecule has 0 saturated carbocycles. The van der Waals surface area contributed by atoms with Gasteiger partial charge in [0.15, 0.2) is 0 Å². The number of H-pyrrole nitrogens is 1. The first-order valence-electron chi connectivity index (χ1n) is 19.1. The van der Waals surface area contributed by atoms with Gasteiger partial charge in [-0.2, -0.15) is 5.26 Å². The quantitative estimate of drug-likeness (QED) is 0.262. The Morgan fingerprint density at radius 2 is 1.61 bits per heavy atom. The van der Waals surface area contributed by atoms with Crippen LogP contribution in [0.5, 0.6) is 0 Å². The van der Waals surface area contributed by atoms with Crippen molar-refractivity contribution in [3.05, 3.63) is 64.4 Å². The lowest BCUT2D eigenvalue weighted by atomic mass is 9.90. The van der Waals surface area contributed by atoms with Gasteiger partial charge in [-0.05, 0) is 60.6 Å². The third-order valence-corrected chi connectivity index (χ3v) is 10.6. The van der Waals surface area contributed by atoms with Crippen molar-refractivity contribution in [1.29, 1.82) is 5.26 Å². The number of nitrogens with one attached hydrogen (secondary N) is 2. The van der Waals surface area contributed by atoms with Crippen molar-refractivity contribution in [2.45, 2.75) is 85.4 Å². The average molecular weight is 762 g/mol. The van der Waals surface area contributed by atoms with Crippen molar-refractivity contribution in [2.24, 2.45) is 34.6 Å². The molecule has 5 rings (SSSR count). The molecule has 56 heavy (non-hydrogen) atoms. The molecule has 2 fully saturated rings. The summed E-state index contributed by atoms with van der Waals surface area (Å²) >= 11 is 0. The lowest BCUT2D eigenvalue weighted by Crippen LogP contribution is -2.51. The van der Waals surface area contributed by atoms with E-state index in [1.54, 1.807) is 29.4 Å². The maximum absolute atomic E-state index is 13.7. The molecule has 4 heterocycles. The van der Waals surface area contributed by atoms with E-state index in [1.807, 2.05) is 38.7 Å². The van der Waals surface area contributed by atoms with Gasteiger partial charge in [-0.1, -0.05) is 59.3 Å². The largest absolute Gasteiger partial charge is 0.469 e. The van der Waals surface area contributed by atoms with Crippen LogP contribution in [0.3, 0.4) is 0 Å². The number of methoxy groups -OCH3 is 2. The molecule has 1 aromatic heterocycles. The zero-order valence-electron chi connectivity index (χ0n) is 33.4. The molecule has 6 atom stereocenters. The number of rotatable bonds is 9. The highest BCUT2D eigenvalue weighted by Crippen LogP contribution is 2.35. The summed E-state index contributed by atoms with van der Waals surface area (Å²) in [5, 5.41) is 12.6. The van der Waals surface area contributed by atoms with Crippen LogP contribution in [0.4, 0.5) is 4.79 Å². The summed E-state index contributed by atoms with van der Waals surface area (Å²) in [6, 6.07) is 6.30. The van der Waals surface area contributed by atoms with Gasteiger partial charge in [-0.3, -0.25) is 19.4 Å². The van der Waals surface area contributed by atoms with Gasteiger partial charge >= 0.3 is 12.1 Å². The number of aromatic nitrogens is 2. The molecule has 1 aromatic carbocycles. The number of aliphatic imine (C=N–C) groups is 1. The minimum absolute atomic E-state index is 0.0179. The average Bonchev–Trinajstić information content (AvgIpc) is 4.00. The van der Waals surface area contributed by atoms with Crippen LogP contribution in [0, 0.1) is 64.6 Å². The lowest BCUT2D eigenvalue weighted by Gasteiger charge is -2.30. The van der Waals surface area contributed by atoms with Crippen LogP contribution in [0.2, 0.25) is 0 Å². The highest BCUT2D eigenvalue weighted by Gasteiger charge is 2.42. The van der Waals surface area contributed by atoms with E-state index >= 15 is 0 Å². The maximum Gasteiger partial charge on any atom is 0.407 e. The Hall–Kier alpha value is -5.87. The van der Waals surface area contributed by atoms with Crippen molar-refractivity contribution in [3.8, 4) is 29.8 Å². The molecule has 2 saturated heterocycles. The summed E-state index contributed by atoms with van der Waals surface area (Å²) in [4.78, 5) is 67.4. The molecule has 13 heteroatoms. The first kappa shape index (κ1) is 41.3. The molecular formula is C43H51N7O6. The van der Waals surface area contributed by atoms with Crippen molar-refractivity contribution in [2.75, 3.05) is 27.3 Å². The number of nitriles is 1. The monoisotopic (exact) mass is 761 g/mol. The Kier molecular flexibility index (Phi) is 13.4. The molecular weight excluding hydrogens is 711 g/mol. The molecule has 294 valence electrons. The fraction of sp³-hybridized carbons (Fsp3) is 0.512. The number of alkyl carbamates (subject to hydrolysis) is 1. The number of likely N-dealkylation sites (tertiary alicyclic amines) is 2. The van der Waals surface area contributed by atoms with Crippen LogP contribution in [0.25, 0.3) is 0 Å². The van der Waals surface area contributed by atoms with E-state index in [1.165, 1.54) is 14.2 Å². The van der Waals surface area contributed by atoms with Crippen molar-refractivity contribution < 1.29 is 28.7 Å². The molecule has 3 amide bonds. The molecule has 13 nitrogen and oxygen atoms in total. The minimum Gasteiger partial charge on any atom is -0.469 e. The normalized spacial score (nSPS) is 21.2. The second kappa shape index (κ2) is 18.2. The zero-order chi connectivity index (χ0) is 40.7. The van der Waals surface area contributed by atoms with E-state index in [4.69, 9.17) is 9.47 Å². The highest BCUT2D eigenvalue weighted by molar-refractivity contribution is 5.98. The van der Waals surface area contributed by atoms with Crippen molar-refractivity contribution in [1.82, 2.24) is 25.1 Å². The molecule has 3 aliphatic rings. The first-order valence-corrected chi connectivity index (χ1v) is 19.1. The number of imidazole rings is 1. The molecule has 0 spiro atoms. The van der Waals surface area contributed by atoms with Crippen LogP contribution in [0.15, 0.2) is 41.2 Å². The van der Waals surface area contributed by atoms with Crippen LogP contribution < -0.4 is 5.32 Å². The third-order valence-electron chi connectivity index (χ3n) is 10.6. The van der Waals surface area contributed by atoms with Gasteiger partial charge in [0.2, 0.25) is 11.8 Å². The number of benzene rings is 1. The smallest absolute Gasteiger partial charge is 0.407 e. The molecule has 3 aliphatic heterocycles. The topological polar surface area (TPSA) is 170 Å². The summed E-state index contributed by atoms with van der Waals surface area (Å²) in [6.45, 7) is 13.0. The standard InChI is InChI=1S/C43H51N7O6/c1-25(2)34(19-38(51)55-7)41(52)49-23-27(5)15-36(49)35-18-30(21-45-35)10-9-29-11-12-31(32(17-29)20-44)13-14-33-22-46-40(47-33)37-16-28(6)24-50(37)42(53)39(26(3)4)48-43(54)56-8/h11-12,17,21-22,25-28,34,36-37,39H,15-16,18-19,23-24H2,1-8H3,(H,46,47)(H,48,54)/t27-,28-,34-,36-,37-,39-/m0/s1. The van der Waals surface area contributed by atoms with Gasteiger partial charge in [0, 0.05) is 48.1 Å². The Morgan fingerprint density at radius 1 is 0.911 bits per heavy atom. The Bertz CT molecular complexity index is 2070. The summed E-state index contributed by atoms with van der Waals surface area (Å²) in [5.74, 6) is 12.4. The van der Waals surface area contributed by atoms with Crippen LogP contribution in [-0.2, 0) is 23.9 Å². The van der Waals surface area contributed by atoms with Gasteiger partial charge in [-0.25, -0.2) is 9.78 Å². The number of nitrogens with zero attached hydrogens (tertiary/aromatic N) is 5. The summed E-state index contributed by atoms with van der Waals surface area (Å²) in [5.41, 5.74) is 3.80. The van der Waals surface area contributed by atoms with Gasteiger partial charge in [0.05, 0.1) is 50.4 Å². The number of carbonyl (C=O) groups excluding carboxylic acids is 4. The zero-order valence-corrected chi connectivity index (χ0v) is 33.4. The summed E-state index contributed by atoms with van der Waals surface area (Å²) in [6.07, 6.45) is 4.77. The number of allylic oxidation sites excluding steroid dienone is 1. The number of esters is 1. The van der Waals surface area contributed by atoms with E-state index in [-0.39, 0.29) is 48.1 Å². The fourth-order valence-electron chi connectivity index (χ4n) is 7.52. The number of carbonyl (C=O) groups is 4. The lowest BCUT2D eigenvalue weighted by molar-refractivity contribution is -0.148. The van der Waals surface area contributed by atoms with E-state index in [0.29, 0.717) is 60.1 Å². The second-order valence-corrected chi connectivity index (χ2v) is 15.7. The van der Waals surface area contributed by atoms with E-state index < -0.39 is 24.0 Å². The second-order valence-electron chi connectivity index (χ2n) is 15.7. The predicted octanol–water partition coefficient (Wildman–Crippen LogP) is 5.12. The van der Waals surface area contributed by atoms with Gasteiger partial charge < -0.3 is 29.6 Å². The summed E-state index contributed by atoms with van der Waals surface area (Å²) < 4.78 is 9.61. The summed E-state index contributed by atoms with van der Waals surface area (Å²) in [7, 11) is 2.61. The van der Waals surface area contributed by atoms with Crippen LogP contribution in [-0.4, -0.2) is 88.7 Å². The number of amides is 3. The highest BCUT2D eigenvalue weighted by atomic mass is 16.5. The van der Waals surface area contributed by atoms with Gasteiger partial charge in [-0.15, -0.1) is 0 Å². The third kappa shape index (κ3) is 9.67. The number of ether oxygens (including phenoxy) is 2. The number of aromatic amines is 1. The van der Waals surface area contributed by atoms with E-state index in [2.05, 4.69) is 63.9 Å². The molecule has 0 aliphatic carbocycles. The maximum atomic E-state index is 13.7. The SMILES string of the molecule is COC(=O)C[C@H](C(=O)N1C[C@@H](C)C[C@H]1C1=NC=C(C#Cc2ccc(C#Cc3cnc([C@@H]4C[C@H](C)CN4C(=O)[C@@H](NC(=O)OC)C(C)C)[nH]3)c(C#N)c2)C1)C(C)C. The molecule has 2 N–H and O–H groups in total. The van der Waals surface area contributed by atoms with E-state index in [0.717, 1.165) is 17.7 Å². The van der Waals surface area contributed by atoms with Crippen molar-refractivity contribution >= 4 is 29.6 Å². The Labute approximate surface area is 329 Å². The molecule has 0 radical (unpaired) electrons. The van der Waals surface area contributed by atoms with Crippen molar-refractivity contribution in [3.63, 3.8) is 0 Å². The van der Waals surface area contributed by atoms with Crippen LogP contribution in [0.1, 0.15) is 101 Å². The van der Waals surface area contributed by atoms with Gasteiger partial charge in [0.25, 0.3) is 0 Å². The Morgan fingerprint density at radius 3 is 2.25 bits per heavy atom. The fourth-order valence-corrected chi connectivity index (χ4v) is 7.52. The molecule has 0 unspecified atom stereocenters. The molecule has 0 bridgehead atoms. The number of hydrogen-bond donors (Lipinski definition) is 2. The van der Waals surface area contributed by atoms with Gasteiger partial charge in [0.1, 0.15) is 23.6 Å². The predicted molar refractivity (Wildman–Crippen MR) is 209 cm³/mol. The first-order chi connectivity index (χ1) is 26.7. The number of hydrogen-bond acceptors (Lipinski definition) is 9. The van der Waals surface area contributed by atoms with E-state index in [9.17, 15) is 24.4 Å². The van der Waals surface area contributed by atoms with Crippen LogP contribution >= 0.6 is 0 Å². The molecule has 2 aromatic rings. The minimum atomic E-state index is -0.741.